The number of aromatic nitrogens is 2. The minimum atomic E-state index is -2.42. The van der Waals surface area contributed by atoms with Gasteiger partial charge in [0.25, 0.3) is 5.76 Å². The van der Waals surface area contributed by atoms with Crippen molar-refractivity contribution in [3.8, 4) is 0 Å². The van der Waals surface area contributed by atoms with Gasteiger partial charge in [0.05, 0.1) is 0 Å². The molecule has 2 aromatic rings. The zero-order chi connectivity index (χ0) is 17.4. The van der Waals surface area contributed by atoms with Crippen LogP contribution in [0.4, 0.5) is 19.6 Å². The van der Waals surface area contributed by atoms with Crippen molar-refractivity contribution in [1.82, 2.24) is 10.2 Å². The van der Waals surface area contributed by atoms with E-state index in [4.69, 9.17) is 5.73 Å². The van der Waals surface area contributed by atoms with E-state index in [9.17, 15) is 13.6 Å². The van der Waals surface area contributed by atoms with Crippen LogP contribution in [0.25, 0.3) is 0 Å². The normalized spacial score (nSPS) is 11.0. The molecule has 0 bridgehead atoms. The van der Waals surface area contributed by atoms with Crippen LogP contribution >= 0.6 is 34.9 Å². The third-order valence-electron chi connectivity index (χ3n) is 2.78. The number of thioether (sulfide) groups is 2. The quantitative estimate of drug-likeness (QED) is 0.464. The van der Waals surface area contributed by atoms with Gasteiger partial charge in [-0.15, -0.1) is 10.2 Å². The molecule has 0 radical (unpaired) electrons. The Balaban J connectivity index is 1.77. The molecule has 1 aromatic carbocycles. The van der Waals surface area contributed by atoms with Crippen molar-refractivity contribution in [1.29, 1.82) is 0 Å². The van der Waals surface area contributed by atoms with Crippen molar-refractivity contribution in [3.63, 3.8) is 0 Å². The summed E-state index contributed by atoms with van der Waals surface area (Å²) >= 11 is 3.51. The first-order valence-electron chi connectivity index (χ1n) is 7.09. The first-order valence-corrected chi connectivity index (χ1v) is 9.77. The van der Waals surface area contributed by atoms with E-state index < -0.39 is 5.76 Å². The summed E-state index contributed by atoms with van der Waals surface area (Å²) in [7, 11) is 0. The second kappa shape index (κ2) is 9.80. The minimum Gasteiger partial charge on any atom is -0.370 e. The van der Waals surface area contributed by atoms with Gasteiger partial charge >= 0.3 is 0 Å². The third kappa shape index (κ3) is 7.02. The summed E-state index contributed by atoms with van der Waals surface area (Å²) in [5.74, 6) is -1.85. The number of nitrogens with two attached hydrogens (primary N) is 1. The Kier molecular flexibility index (Phi) is 7.73. The lowest BCUT2D eigenvalue weighted by Gasteiger charge is -2.03. The maximum absolute atomic E-state index is 12.3. The Bertz CT molecular complexity index is 652. The van der Waals surface area contributed by atoms with Gasteiger partial charge in [-0.3, -0.25) is 4.79 Å². The highest BCUT2D eigenvalue weighted by molar-refractivity contribution is 8.01. The molecule has 0 fully saturated rings. The number of nitrogens with one attached hydrogen (secondary N) is 1. The summed E-state index contributed by atoms with van der Waals surface area (Å²) < 4.78 is 25.4. The first kappa shape index (κ1) is 18.9. The highest BCUT2D eigenvalue weighted by atomic mass is 32.2. The zero-order valence-corrected chi connectivity index (χ0v) is 15.0. The molecule has 0 saturated heterocycles. The van der Waals surface area contributed by atoms with E-state index >= 15 is 0 Å². The zero-order valence-electron chi connectivity index (χ0n) is 12.6. The molecule has 130 valence electrons. The van der Waals surface area contributed by atoms with Crippen molar-refractivity contribution >= 4 is 51.6 Å². The number of hydrogen-bond acceptors (Lipinski definition) is 7. The predicted octanol–water partition coefficient (Wildman–Crippen LogP) is 4.34. The van der Waals surface area contributed by atoms with Crippen molar-refractivity contribution in [2.24, 2.45) is 5.73 Å². The van der Waals surface area contributed by atoms with Crippen molar-refractivity contribution in [2.75, 3.05) is 11.1 Å². The van der Waals surface area contributed by atoms with Crippen LogP contribution < -0.4 is 11.1 Å². The van der Waals surface area contributed by atoms with Gasteiger partial charge in [0.2, 0.25) is 11.0 Å². The number of primary amides is 1. The predicted molar refractivity (Wildman–Crippen MR) is 95.3 cm³/mol. The van der Waals surface area contributed by atoms with Crippen LogP contribution in [0.5, 0.6) is 0 Å². The van der Waals surface area contributed by atoms with Crippen LogP contribution in [-0.2, 0) is 4.79 Å². The summed E-state index contributed by atoms with van der Waals surface area (Å²) in [4.78, 5) is 11.1. The number of amides is 1. The molecule has 2 rings (SSSR count). The fraction of sp³-hybridized carbons (Fsp3) is 0.357. The van der Waals surface area contributed by atoms with E-state index in [2.05, 4.69) is 15.5 Å². The summed E-state index contributed by atoms with van der Waals surface area (Å²) in [6, 6.07) is 6.72. The molecule has 0 aliphatic carbocycles. The average molecular weight is 391 g/mol. The van der Waals surface area contributed by atoms with E-state index in [0.29, 0.717) is 28.2 Å². The van der Waals surface area contributed by atoms with Gasteiger partial charge in [-0.1, -0.05) is 34.9 Å². The monoisotopic (exact) mass is 390 g/mol. The molecule has 1 heterocycles. The summed E-state index contributed by atoms with van der Waals surface area (Å²) in [5, 5.41) is 11.9. The smallest absolute Gasteiger partial charge is 0.288 e. The number of carbonyl (C=O) groups excluding carboxylic acids is 1. The third-order valence-corrected chi connectivity index (χ3v) is 5.56. The molecule has 24 heavy (non-hydrogen) atoms. The van der Waals surface area contributed by atoms with Gasteiger partial charge in [-0.2, -0.15) is 8.78 Å². The molecular formula is C14H16F2N4OS3. The SMILES string of the molecule is NC(=O)CCCCSc1nnc(Nc2ccc(SC(F)F)cc2)s1. The van der Waals surface area contributed by atoms with E-state index in [0.717, 1.165) is 28.6 Å². The van der Waals surface area contributed by atoms with E-state index in [1.54, 1.807) is 36.0 Å². The molecule has 1 aromatic heterocycles. The van der Waals surface area contributed by atoms with Gasteiger partial charge < -0.3 is 11.1 Å². The second-order valence-electron chi connectivity index (χ2n) is 4.67. The van der Waals surface area contributed by atoms with Crippen LogP contribution in [-0.4, -0.2) is 27.6 Å². The van der Waals surface area contributed by atoms with Crippen LogP contribution in [0.2, 0.25) is 0 Å². The van der Waals surface area contributed by atoms with E-state index in [1.165, 1.54) is 11.3 Å². The molecule has 3 N–H and O–H groups in total. The maximum Gasteiger partial charge on any atom is 0.288 e. The number of rotatable bonds is 10. The first-order chi connectivity index (χ1) is 11.5. The number of anilines is 2. The standard InChI is InChI=1S/C14H16F2N4OS3/c15-12(16)23-10-6-4-9(5-7-10)18-13-19-20-14(24-13)22-8-2-1-3-11(17)21/h4-7,12H,1-3,8H2,(H2,17,21)(H,18,19). The Morgan fingerprint density at radius 3 is 2.67 bits per heavy atom. The lowest BCUT2D eigenvalue weighted by atomic mass is 10.2. The highest BCUT2D eigenvalue weighted by Gasteiger charge is 2.07. The van der Waals surface area contributed by atoms with Gasteiger partial charge in [-0.25, -0.2) is 0 Å². The fourth-order valence-corrected chi connectivity index (χ4v) is 4.06. The van der Waals surface area contributed by atoms with Crippen LogP contribution in [0.3, 0.4) is 0 Å². The second-order valence-corrected chi connectivity index (χ2v) is 8.06. The molecule has 0 spiro atoms. The number of carbonyl (C=O) groups is 1. The molecule has 0 unspecified atom stereocenters. The largest absolute Gasteiger partial charge is 0.370 e. The molecule has 0 saturated carbocycles. The van der Waals surface area contributed by atoms with Crippen molar-refractivity contribution in [2.45, 2.75) is 34.3 Å². The Morgan fingerprint density at radius 1 is 1.25 bits per heavy atom. The van der Waals surface area contributed by atoms with Gasteiger partial charge in [-0.05, 0) is 37.1 Å². The molecule has 0 atom stereocenters. The molecule has 1 amide bonds. The summed E-state index contributed by atoms with van der Waals surface area (Å²) in [6.07, 6.45) is 2.07. The molecule has 5 nitrogen and oxygen atoms in total. The van der Waals surface area contributed by atoms with Crippen molar-refractivity contribution in [3.05, 3.63) is 24.3 Å². The number of hydrogen-bond donors (Lipinski definition) is 2. The summed E-state index contributed by atoms with van der Waals surface area (Å²) in [5.41, 5.74) is 5.85. The van der Waals surface area contributed by atoms with Gasteiger partial charge in [0.15, 0.2) is 4.34 Å². The molecule has 10 heteroatoms. The lowest BCUT2D eigenvalue weighted by molar-refractivity contribution is -0.118. The number of benzene rings is 1. The molecular weight excluding hydrogens is 374 g/mol. The van der Waals surface area contributed by atoms with Gasteiger partial charge in [0.1, 0.15) is 0 Å². The van der Waals surface area contributed by atoms with Crippen LogP contribution in [0, 0.1) is 0 Å². The van der Waals surface area contributed by atoms with Crippen molar-refractivity contribution < 1.29 is 13.6 Å². The van der Waals surface area contributed by atoms with Gasteiger partial charge in [0, 0.05) is 22.8 Å². The number of halogens is 2. The Labute approximate surface area is 150 Å². The minimum absolute atomic E-state index is 0.277. The number of unbranched alkanes of at least 4 members (excludes halogenated alkanes) is 1. The maximum atomic E-state index is 12.3. The van der Waals surface area contributed by atoms with E-state index in [-0.39, 0.29) is 5.91 Å². The fourth-order valence-electron chi connectivity index (χ4n) is 1.72. The summed E-state index contributed by atoms with van der Waals surface area (Å²) in [6.45, 7) is 0. The molecule has 0 aliphatic heterocycles. The lowest BCUT2D eigenvalue weighted by Crippen LogP contribution is -2.09. The average Bonchev–Trinajstić information content (AvgIpc) is 2.95. The van der Waals surface area contributed by atoms with Crippen LogP contribution in [0.1, 0.15) is 19.3 Å². The number of alkyl halides is 2. The molecule has 0 aliphatic rings. The number of nitrogens with zero attached hydrogens (tertiary/aromatic N) is 2. The van der Waals surface area contributed by atoms with Crippen LogP contribution in [0.15, 0.2) is 33.5 Å². The Morgan fingerprint density at radius 2 is 2.00 bits per heavy atom. The highest BCUT2D eigenvalue weighted by Crippen LogP contribution is 2.30. The van der Waals surface area contributed by atoms with E-state index in [1.807, 2.05) is 0 Å². The Hall–Kier alpha value is -1.39. The topological polar surface area (TPSA) is 80.9 Å².